The molecule has 0 fully saturated rings. The van der Waals surface area contributed by atoms with Crippen LogP contribution in [0.2, 0.25) is 0 Å². The number of alkyl halides is 3. The van der Waals surface area contributed by atoms with Crippen molar-refractivity contribution in [3.63, 3.8) is 0 Å². The van der Waals surface area contributed by atoms with Crippen LogP contribution in [0.3, 0.4) is 0 Å². The maximum absolute atomic E-state index is 14.4. The molecule has 4 aromatic rings. The zero-order valence-corrected chi connectivity index (χ0v) is 21.3. The van der Waals surface area contributed by atoms with E-state index in [2.05, 4.69) is 10.4 Å². The average Bonchev–Trinajstić information content (AvgIpc) is 3.27. The second-order valence-corrected chi connectivity index (χ2v) is 9.06. The van der Waals surface area contributed by atoms with Gasteiger partial charge in [-0.2, -0.15) is 18.3 Å². The second kappa shape index (κ2) is 11.6. The Morgan fingerprint density at radius 1 is 1.05 bits per heavy atom. The third kappa shape index (κ3) is 6.80. The lowest BCUT2D eigenvalue weighted by atomic mass is 10.0. The van der Waals surface area contributed by atoms with Crippen LogP contribution in [-0.4, -0.2) is 27.4 Å². The van der Waals surface area contributed by atoms with Crippen LogP contribution >= 0.6 is 0 Å². The number of pyridine rings is 1. The predicted octanol–water partition coefficient (Wildman–Crippen LogP) is 4.68. The van der Waals surface area contributed by atoms with Crippen molar-refractivity contribution in [1.82, 2.24) is 19.7 Å². The van der Waals surface area contributed by atoms with Gasteiger partial charge in [-0.1, -0.05) is 30.3 Å². The number of methoxy groups -OCH3 is 1. The minimum Gasteiger partial charge on any atom is -0.378 e. The Labute approximate surface area is 221 Å². The molecule has 0 aliphatic heterocycles. The van der Waals surface area contributed by atoms with Crippen molar-refractivity contribution in [2.45, 2.75) is 39.3 Å². The first-order valence-electron chi connectivity index (χ1n) is 12.0. The lowest BCUT2D eigenvalue weighted by Gasteiger charge is -2.15. The molecule has 2 heterocycles. The van der Waals surface area contributed by atoms with E-state index in [0.29, 0.717) is 13.1 Å². The number of aryl methyl sites for hydroxylation is 1. The number of hydrogen-bond acceptors (Lipinski definition) is 4. The number of hydrogen-bond donors (Lipinski definition) is 1. The molecule has 4 rings (SSSR count). The topological polar surface area (TPSA) is 78.2 Å². The molecule has 0 saturated heterocycles. The lowest BCUT2D eigenvalue weighted by molar-refractivity contribution is -0.138. The van der Waals surface area contributed by atoms with Crippen molar-refractivity contribution in [1.29, 1.82) is 0 Å². The molecule has 0 spiro atoms. The van der Waals surface area contributed by atoms with Gasteiger partial charge in [0, 0.05) is 37.7 Å². The Morgan fingerprint density at radius 2 is 1.74 bits per heavy atom. The number of halogens is 4. The minimum absolute atomic E-state index is 0.00673. The van der Waals surface area contributed by atoms with E-state index in [1.165, 1.54) is 31.0 Å². The standard InChI is InChI=1S/C28H26F4N4O3/c1-18-11-23(28(30,31)32)21(24(29)12-18)13-33-27(38)22-16-36(34-25(22)17-39-2)15-20-8-6-19(7-9-20)14-35-10-4-3-5-26(35)37/h3-12,16H,13-15,17H2,1-2H3,(H,33,38). The molecule has 204 valence electrons. The minimum atomic E-state index is -4.77. The molecular formula is C28H26F4N4O3. The largest absolute Gasteiger partial charge is 0.416 e. The van der Waals surface area contributed by atoms with Crippen molar-refractivity contribution >= 4 is 5.91 Å². The van der Waals surface area contributed by atoms with E-state index in [-0.39, 0.29) is 29.0 Å². The molecule has 0 saturated carbocycles. The van der Waals surface area contributed by atoms with Gasteiger partial charge in [-0.15, -0.1) is 0 Å². The molecular weight excluding hydrogens is 516 g/mol. The monoisotopic (exact) mass is 542 g/mol. The third-order valence-electron chi connectivity index (χ3n) is 6.05. The molecule has 1 amide bonds. The SMILES string of the molecule is COCc1nn(Cc2ccc(Cn3ccccc3=O)cc2)cc1C(=O)NCc1c(F)cc(C)cc1C(F)(F)F. The fourth-order valence-corrected chi connectivity index (χ4v) is 4.17. The van der Waals surface area contributed by atoms with E-state index < -0.39 is 35.6 Å². The van der Waals surface area contributed by atoms with Gasteiger partial charge in [0.05, 0.1) is 30.8 Å². The van der Waals surface area contributed by atoms with Crippen LogP contribution in [0.15, 0.2) is 71.8 Å². The summed E-state index contributed by atoms with van der Waals surface area (Å²) >= 11 is 0. The first kappa shape index (κ1) is 27.8. The number of carbonyl (C=O) groups is 1. The number of amides is 1. The fourth-order valence-electron chi connectivity index (χ4n) is 4.17. The summed E-state index contributed by atoms with van der Waals surface area (Å²) in [6, 6.07) is 14.3. The normalized spacial score (nSPS) is 11.5. The van der Waals surface area contributed by atoms with Gasteiger partial charge in [0.1, 0.15) is 11.5 Å². The van der Waals surface area contributed by atoms with Gasteiger partial charge >= 0.3 is 6.18 Å². The summed E-state index contributed by atoms with van der Waals surface area (Å²) in [5.74, 6) is -1.75. The second-order valence-electron chi connectivity index (χ2n) is 9.06. The maximum atomic E-state index is 14.4. The van der Waals surface area contributed by atoms with E-state index in [9.17, 15) is 27.2 Å². The Balaban J connectivity index is 1.49. The highest BCUT2D eigenvalue weighted by atomic mass is 19.4. The molecule has 2 aromatic heterocycles. The Morgan fingerprint density at radius 3 is 2.38 bits per heavy atom. The van der Waals surface area contributed by atoms with E-state index >= 15 is 0 Å². The molecule has 2 aromatic carbocycles. The van der Waals surface area contributed by atoms with Crippen LogP contribution in [-0.2, 0) is 37.2 Å². The van der Waals surface area contributed by atoms with Gasteiger partial charge in [0.2, 0.25) is 0 Å². The first-order chi connectivity index (χ1) is 18.5. The number of ether oxygens (including phenoxy) is 1. The van der Waals surface area contributed by atoms with Crippen molar-refractivity contribution < 1.29 is 27.1 Å². The first-order valence-corrected chi connectivity index (χ1v) is 12.0. The van der Waals surface area contributed by atoms with E-state index in [0.717, 1.165) is 23.3 Å². The molecule has 0 bridgehead atoms. The van der Waals surface area contributed by atoms with Crippen LogP contribution in [0.4, 0.5) is 17.6 Å². The number of aromatic nitrogens is 3. The van der Waals surface area contributed by atoms with E-state index in [1.54, 1.807) is 22.9 Å². The van der Waals surface area contributed by atoms with Crippen molar-refractivity contribution in [2.24, 2.45) is 0 Å². The Bertz CT molecular complexity index is 1530. The quantitative estimate of drug-likeness (QED) is 0.312. The van der Waals surface area contributed by atoms with Gasteiger partial charge in [0.25, 0.3) is 11.5 Å². The van der Waals surface area contributed by atoms with Crippen LogP contribution in [0.5, 0.6) is 0 Å². The third-order valence-corrected chi connectivity index (χ3v) is 6.05. The number of rotatable bonds is 9. The summed E-state index contributed by atoms with van der Waals surface area (Å²) in [4.78, 5) is 24.8. The molecule has 0 atom stereocenters. The Hall–Kier alpha value is -4.25. The summed E-state index contributed by atoms with van der Waals surface area (Å²) < 4.78 is 63.0. The van der Waals surface area contributed by atoms with Crippen molar-refractivity contribution in [2.75, 3.05) is 7.11 Å². The van der Waals surface area contributed by atoms with Crippen molar-refractivity contribution in [3.8, 4) is 0 Å². The van der Waals surface area contributed by atoms with Gasteiger partial charge in [-0.3, -0.25) is 14.3 Å². The van der Waals surface area contributed by atoms with Gasteiger partial charge in [0.15, 0.2) is 0 Å². The summed E-state index contributed by atoms with van der Waals surface area (Å²) in [5, 5.41) is 6.77. The fraction of sp³-hybridized carbons (Fsp3) is 0.250. The number of benzene rings is 2. The van der Waals surface area contributed by atoms with Crippen LogP contribution in [0.1, 0.15) is 43.9 Å². The number of nitrogens with one attached hydrogen (secondary N) is 1. The Kier molecular flexibility index (Phi) is 8.29. The summed E-state index contributed by atoms with van der Waals surface area (Å²) in [7, 11) is 1.43. The highest BCUT2D eigenvalue weighted by molar-refractivity contribution is 5.95. The van der Waals surface area contributed by atoms with Crippen molar-refractivity contribution in [3.05, 3.63) is 122 Å². The zero-order chi connectivity index (χ0) is 28.2. The smallest absolute Gasteiger partial charge is 0.378 e. The van der Waals surface area contributed by atoms with Gasteiger partial charge < -0.3 is 14.6 Å². The molecule has 0 unspecified atom stereocenters. The molecule has 0 radical (unpaired) electrons. The van der Waals surface area contributed by atoms with Gasteiger partial charge in [-0.05, 0) is 41.8 Å². The zero-order valence-electron chi connectivity index (χ0n) is 21.3. The van der Waals surface area contributed by atoms with Crippen LogP contribution in [0, 0.1) is 12.7 Å². The van der Waals surface area contributed by atoms with Gasteiger partial charge in [-0.25, -0.2) is 4.39 Å². The highest BCUT2D eigenvalue weighted by Gasteiger charge is 2.35. The molecule has 0 aliphatic rings. The molecule has 0 aliphatic carbocycles. The average molecular weight is 543 g/mol. The molecule has 11 heteroatoms. The van der Waals surface area contributed by atoms with E-state index in [4.69, 9.17) is 4.74 Å². The van der Waals surface area contributed by atoms with E-state index in [1.807, 2.05) is 24.3 Å². The summed E-state index contributed by atoms with van der Waals surface area (Å²) in [5.41, 5.74) is 0.445. The predicted molar refractivity (Wildman–Crippen MR) is 136 cm³/mol. The molecule has 7 nitrogen and oxygen atoms in total. The lowest BCUT2D eigenvalue weighted by Crippen LogP contribution is -2.26. The number of carbonyl (C=O) groups excluding carboxylic acids is 1. The molecule has 1 N–H and O–H groups in total. The summed E-state index contributed by atoms with van der Waals surface area (Å²) in [6.45, 7) is 1.43. The molecule has 39 heavy (non-hydrogen) atoms. The number of nitrogens with zero attached hydrogens (tertiary/aromatic N) is 3. The highest BCUT2D eigenvalue weighted by Crippen LogP contribution is 2.34. The summed E-state index contributed by atoms with van der Waals surface area (Å²) in [6.07, 6.45) is -1.59. The van der Waals surface area contributed by atoms with Crippen LogP contribution < -0.4 is 10.9 Å². The van der Waals surface area contributed by atoms with Crippen LogP contribution in [0.25, 0.3) is 0 Å². The maximum Gasteiger partial charge on any atom is 0.416 e.